The monoisotopic (exact) mass is 1350 g/mol. The number of rotatable bonds is 56. The zero-order chi connectivity index (χ0) is 64.3. The molecule has 0 aliphatic heterocycles. The molecular weight excluding hydrogens is 1190 g/mol. The van der Waals surface area contributed by atoms with Crippen LogP contribution in [0.25, 0.3) is 0 Å². The second-order valence-corrected chi connectivity index (χ2v) is 68.0. The van der Waals surface area contributed by atoms with Crippen LogP contribution < -0.4 is 0 Å². The van der Waals surface area contributed by atoms with Gasteiger partial charge in [0.25, 0.3) is 0 Å². The fourth-order valence-electron chi connectivity index (χ4n) is 15.0. The molecule has 0 N–H and O–H groups in total. The van der Waals surface area contributed by atoms with Crippen molar-refractivity contribution in [2.24, 2.45) is 0 Å². The van der Waals surface area contributed by atoms with Crippen LogP contribution in [-0.4, -0.2) is 98.6 Å². The van der Waals surface area contributed by atoms with Gasteiger partial charge < -0.3 is 0 Å². The van der Waals surface area contributed by atoms with Gasteiger partial charge in [-0.25, -0.2) is 0 Å². The Morgan fingerprint density at radius 3 is 0.453 bits per heavy atom. The Kier molecular flexibility index (Phi) is 45.6. The van der Waals surface area contributed by atoms with Crippen molar-refractivity contribution in [3.8, 4) is 0 Å². The van der Waals surface area contributed by atoms with E-state index in [-0.39, 0.29) is 0 Å². The Bertz CT molecular complexity index is 1700. The Balaban J connectivity index is 0.000000860. The molecule has 0 unspecified atom stereocenters. The predicted octanol–water partition coefficient (Wildman–Crippen LogP) is 31.0. The first-order valence-electron chi connectivity index (χ1n) is 38.4. The molecule has 0 bridgehead atoms. The van der Waals surface area contributed by atoms with Gasteiger partial charge in [-0.05, 0) is 0 Å². The molecule has 0 amide bonds. The van der Waals surface area contributed by atoms with Gasteiger partial charge >= 0.3 is 565 Å². The quantitative estimate of drug-likeness (QED) is 0.0605. The number of hydrogen-bond acceptors (Lipinski definition) is 4. The Morgan fingerprint density at radius 1 is 0.198 bits per heavy atom. The van der Waals surface area contributed by atoms with Crippen molar-refractivity contribution in [1.29, 1.82) is 0 Å². The van der Waals surface area contributed by atoms with Crippen molar-refractivity contribution in [2.45, 2.75) is 350 Å². The van der Waals surface area contributed by atoms with Crippen LogP contribution in [0, 0.1) is 13.8 Å². The van der Waals surface area contributed by atoms with Crippen LogP contribution >= 0.6 is 68.7 Å². The van der Waals surface area contributed by atoms with Crippen LogP contribution in [0.3, 0.4) is 0 Å². The minimum absolute atomic E-state index is 1.34. The Hall–Kier alpha value is 1.56. The summed E-state index contributed by atoms with van der Waals surface area (Å²) in [5.41, 5.74) is 2.95. The number of aryl methyl sites for hydroxylation is 2. The van der Waals surface area contributed by atoms with Crippen LogP contribution in [0.2, 0.25) is 0 Å². The number of benzene rings is 2. The average Bonchev–Trinajstić information content (AvgIpc) is 0.835. The molecule has 0 aromatic heterocycles. The molecule has 86 heavy (non-hydrogen) atoms. The molecule has 512 valence electrons. The van der Waals surface area contributed by atoms with E-state index < -0.39 is 23.2 Å². The second-order valence-electron chi connectivity index (χ2n) is 28.9. The number of unbranched alkanes of at least 4 members (excludes halogenated alkanes) is 16. The molecule has 0 aliphatic rings. The summed E-state index contributed by atoms with van der Waals surface area (Å²) in [5.74, 6) is -8.07. The molecule has 2 aromatic carbocycles. The zero-order valence-electron chi connectivity index (χ0n) is 61.8. The van der Waals surface area contributed by atoms with E-state index in [1.54, 1.807) is 19.6 Å². The topological polar surface area (TPSA) is 0 Å². The van der Waals surface area contributed by atoms with Crippen LogP contribution in [0.4, 0.5) is 0 Å². The van der Waals surface area contributed by atoms with Crippen LogP contribution in [-0.2, 0) is 0 Å². The molecule has 8 heteroatoms. The molecule has 2 aromatic rings. The van der Waals surface area contributed by atoms with Crippen molar-refractivity contribution in [1.82, 2.24) is 0 Å². The maximum atomic E-state index is 2.68. The fraction of sp³-hybridized carbons (Fsp3) is 0.846. The molecule has 2 rings (SSSR count). The van der Waals surface area contributed by atoms with E-state index in [1.165, 1.54) is 315 Å². The van der Waals surface area contributed by atoms with Gasteiger partial charge in [-0.3, -0.25) is 0 Å². The van der Waals surface area contributed by atoms with Gasteiger partial charge in [0.1, 0.15) is 0 Å². The summed E-state index contributed by atoms with van der Waals surface area (Å²) in [7, 11) is 0. The maximum absolute atomic E-state index is 2.68. The SMILES string of the molecule is CCCCP(CCCC)(CCCC)(CCCC)Sc1ccc(C)cc1SP(CCCC)(CCCC)(CCCC)CCCC.CCCCP(CCCC)(CCCC)(CCCC)Sc1ccc(C)cc1SP(CCCC)(CCCC)(CCCC)CCCC. The van der Waals surface area contributed by atoms with E-state index >= 15 is 0 Å². The Labute approximate surface area is 560 Å². The second kappa shape index (κ2) is 45.9. The van der Waals surface area contributed by atoms with E-state index in [2.05, 4.69) is 207 Å². The molecule has 0 saturated carbocycles. The predicted molar refractivity (Wildman–Crippen MR) is 430 cm³/mol. The zero-order valence-corrected chi connectivity index (χ0v) is 68.7. The molecule has 0 atom stereocenters. The third-order valence-electron chi connectivity index (χ3n) is 20.9. The summed E-state index contributed by atoms with van der Waals surface area (Å²) in [5, 5.41) is 0. The van der Waals surface area contributed by atoms with Crippen molar-refractivity contribution >= 4 is 68.7 Å². The van der Waals surface area contributed by atoms with E-state index in [1.807, 2.05) is 0 Å². The summed E-state index contributed by atoms with van der Waals surface area (Å²) in [6, 6.07) is 15.6. The third kappa shape index (κ3) is 28.1. The first kappa shape index (κ1) is 85.6. The average molecular weight is 1350 g/mol. The number of hydrogen-bond donors (Lipinski definition) is 0. The minimum atomic E-state index is -2.02. The first-order chi connectivity index (χ1) is 41.4. The van der Waals surface area contributed by atoms with Gasteiger partial charge in [-0.2, -0.15) is 0 Å². The normalized spacial score (nSPS) is 14.3. The summed E-state index contributed by atoms with van der Waals surface area (Å²) < 4.78 is 0. The standard InChI is InChI=1S/2C39H78P2S2/c2*1-10-18-28-40(29-19-11-2,30-20-12-3,31-21-13-4)42-38-27-26-37(9)36-39(38)43-41(32-22-14-5,33-23-15-6,34-24-16-7)35-25-17-8/h2*26-27,36H,10-25,28-35H2,1-9H3. The van der Waals surface area contributed by atoms with Gasteiger partial charge in [-0.15, -0.1) is 0 Å². The Morgan fingerprint density at radius 2 is 0.326 bits per heavy atom. The van der Waals surface area contributed by atoms with Gasteiger partial charge in [-0.1, -0.05) is 0 Å². The molecule has 0 fully saturated rings. The van der Waals surface area contributed by atoms with Crippen LogP contribution in [0.15, 0.2) is 56.0 Å². The van der Waals surface area contributed by atoms with Crippen molar-refractivity contribution in [2.75, 3.05) is 98.6 Å². The summed E-state index contributed by atoms with van der Waals surface area (Å²) in [6.07, 6.45) is 68.6. The summed E-state index contributed by atoms with van der Waals surface area (Å²) in [6.45, 7) is 43.8. The summed E-state index contributed by atoms with van der Waals surface area (Å²) in [4.78, 5) is 6.86. The van der Waals surface area contributed by atoms with E-state index in [4.69, 9.17) is 0 Å². The van der Waals surface area contributed by atoms with E-state index in [9.17, 15) is 0 Å². The fourth-order valence-corrected chi connectivity index (χ4v) is 63.6. The van der Waals surface area contributed by atoms with Gasteiger partial charge in [0.05, 0.1) is 0 Å². The molecule has 0 spiro atoms. The molecule has 0 aliphatic carbocycles. The molecular formula is C78H156P4S4. The molecule has 0 heterocycles. The van der Waals surface area contributed by atoms with Crippen LogP contribution in [0.5, 0.6) is 0 Å². The molecule has 0 nitrogen and oxygen atoms in total. The van der Waals surface area contributed by atoms with E-state index in [0.29, 0.717) is 0 Å². The van der Waals surface area contributed by atoms with E-state index in [0.717, 1.165) is 0 Å². The van der Waals surface area contributed by atoms with Crippen molar-refractivity contribution in [3.05, 3.63) is 47.5 Å². The van der Waals surface area contributed by atoms with Crippen molar-refractivity contribution in [3.63, 3.8) is 0 Å². The van der Waals surface area contributed by atoms with Crippen molar-refractivity contribution < 1.29 is 0 Å². The van der Waals surface area contributed by atoms with Gasteiger partial charge in [0, 0.05) is 0 Å². The van der Waals surface area contributed by atoms with Crippen LogP contribution in [0.1, 0.15) is 327 Å². The first-order valence-corrected chi connectivity index (χ1v) is 56.0. The van der Waals surface area contributed by atoms with Gasteiger partial charge in [0.2, 0.25) is 0 Å². The third-order valence-corrected chi connectivity index (χ3v) is 65.8. The molecule has 0 radical (unpaired) electrons. The van der Waals surface area contributed by atoms with Gasteiger partial charge in [0.15, 0.2) is 0 Å². The summed E-state index contributed by atoms with van der Waals surface area (Å²) >= 11 is 10.2. The molecule has 0 saturated heterocycles.